The molecule has 86 valence electrons. The predicted molar refractivity (Wildman–Crippen MR) is 32.3 cm³/mol. The molecule has 0 fully saturated rings. The van der Waals surface area contributed by atoms with Crippen molar-refractivity contribution in [3.63, 3.8) is 0 Å². The molecule has 0 spiro atoms. The van der Waals surface area contributed by atoms with Crippen LogP contribution in [0.4, 0.5) is 26.3 Å². The maximum absolute atomic E-state index is 12.2. The van der Waals surface area contributed by atoms with Crippen molar-refractivity contribution in [3.05, 3.63) is 0 Å². The first-order chi connectivity index (χ1) is 5.86. The highest BCUT2D eigenvalue weighted by Gasteiger charge is 2.58. The second-order valence-electron chi connectivity index (χ2n) is 2.39. The Hall–Kier alpha value is -0.510. The SMILES string of the molecule is O=S(=O)(O)CC(F)(F)C(F)C(F)(F)F. The molecule has 0 radical (unpaired) electrons. The van der Waals surface area contributed by atoms with Gasteiger partial charge >= 0.3 is 12.1 Å². The van der Waals surface area contributed by atoms with Crippen molar-refractivity contribution in [3.8, 4) is 0 Å². The number of alkyl halides is 6. The van der Waals surface area contributed by atoms with Gasteiger partial charge in [0.1, 0.15) is 5.75 Å². The highest BCUT2D eigenvalue weighted by Crippen LogP contribution is 2.35. The van der Waals surface area contributed by atoms with Crippen molar-refractivity contribution >= 4 is 10.1 Å². The molecule has 1 unspecified atom stereocenters. The zero-order chi connectivity index (χ0) is 11.8. The minimum atomic E-state index is -5.88. The molecule has 0 aliphatic carbocycles. The van der Waals surface area contributed by atoms with Crippen molar-refractivity contribution < 1.29 is 39.3 Å². The number of rotatable bonds is 3. The fraction of sp³-hybridized carbons (Fsp3) is 1.00. The van der Waals surface area contributed by atoms with Crippen LogP contribution in [0.15, 0.2) is 0 Å². The zero-order valence-electron chi connectivity index (χ0n) is 6.22. The molecular weight excluding hydrogens is 242 g/mol. The standard InChI is InChI=1S/C4H4F6O3S/c5-2(4(8,9)10)3(6,7)1-14(11,12)13/h2H,1H2,(H,11,12,13). The lowest BCUT2D eigenvalue weighted by atomic mass is 10.2. The molecule has 0 aromatic rings. The number of hydrogen-bond acceptors (Lipinski definition) is 2. The lowest BCUT2D eigenvalue weighted by molar-refractivity contribution is -0.237. The summed E-state index contributed by atoms with van der Waals surface area (Å²) in [4.78, 5) is 0. The molecule has 0 aromatic carbocycles. The quantitative estimate of drug-likeness (QED) is 0.605. The van der Waals surface area contributed by atoms with Gasteiger partial charge in [-0.05, 0) is 0 Å². The molecule has 14 heavy (non-hydrogen) atoms. The van der Waals surface area contributed by atoms with Gasteiger partial charge in [-0.25, -0.2) is 13.2 Å². The Balaban J connectivity index is 4.80. The third-order valence-electron chi connectivity index (χ3n) is 1.03. The van der Waals surface area contributed by atoms with E-state index in [9.17, 15) is 34.8 Å². The zero-order valence-corrected chi connectivity index (χ0v) is 7.04. The molecule has 0 amide bonds. The van der Waals surface area contributed by atoms with Crippen molar-refractivity contribution in [2.24, 2.45) is 0 Å². The minimum absolute atomic E-state index is 2.61. The van der Waals surface area contributed by atoms with Crippen LogP contribution in [0.25, 0.3) is 0 Å². The van der Waals surface area contributed by atoms with Crippen LogP contribution in [0.2, 0.25) is 0 Å². The topological polar surface area (TPSA) is 54.4 Å². The second-order valence-corrected chi connectivity index (χ2v) is 3.84. The molecule has 1 atom stereocenters. The van der Waals surface area contributed by atoms with Gasteiger partial charge in [0.05, 0.1) is 0 Å². The summed E-state index contributed by atoms with van der Waals surface area (Å²) in [6, 6.07) is 0. The van der Waals surface area contributed by atoms with Gasteiger partial charge in [0.25, 0.3) is 16.3 Å². The van der Waals surface area contributed by atoms with Crippen molar-refractivity contribution in [1.82, 2.24) is 0 Å². The first kappa shape index (κ1) is 13.5. The summed E-state index contributed by atoms with van der Waals surface area (Å²) >= 11 is 0. The van der Waals surface area contributed by atoms with Gasteiger partial charge in [-0.2, -0.15) is 21.6 Å². The van der Waals surface area contributed by atoms with E-state index < -0.39 is 34.1 Å². The molecule has 10 heteroatoms. The smallest absolute Gasteiger partial charge is 0.285 e. The molecule has 0 aromatic heterocycles. The van der Waals surface area contributed by atoms with E-state index in [1.807, 2.05) is 0 Å². The van der Waals surface area contributed by atoms with Gasteiger partial charge in [0.2, 0.25) is 0 Å². The van der Waals surface area contributed by atoms with Crippen molar-refractivity contribution in [2.75, 3.05) is 5.75 Å². The number of halogens is 6. The van der Waals surface area contributed by atoms with E-state index in [0.717, 1.165) is 0 Å². The van der Waals surface area contributed by atoms with Crippen LogP contribution in [-0.4, -0.2) is 37.0 Å². The second kappa shape index (κ2) is 3.57. The molecular formula is C4H4F6O3S. The molecule has 1 N–H and O–H groups in total. The lowest BCUT2D eigenvalue weighted by Crippen LogP contribution is -2.45. The van der Waals surface area contributed by atoms with Crippen LogP contribution in [0, 0.1) is 0 Å². The summed E-state index contributed by atoms with van der Waals surface area (Å²) in [6.07, 6.45) is -10.5. The fourth-order valence-electron chi connectivity index (χ4n) is 0.556. The monoisotopic (exact) mass is 246 g/mol. The fourth-order valence-corrected chi connectivity index (χ4v) is 1.19. The minimum Gasteiger partial charge on any atom is -0.285 e. The Morgan fingerprint density at radius 1 is 1.14 bits per heavy atom. The Kier molecular flexibility index (Phi) is 3.44. The average Bonchev–Trinajstić information content (AvgIpc) is 1.78. The average molecular weight is 246 g/mol. The van der Waals surface area contributed by atoms with E-state index in [1.165, 1.54) is 0 Å². The molecule has 0 rings (SSSR count). The summed E-state index contributed by atoms with van der Waals surface area (Å²) in [5, 5.41) is 0. The molecule has 0 heterocycles. The van der Waals surface area contributed by atoms with Gasteiger partial charge in [0.15, 0.2) is 0 Å². The number of hydrogen-bond donors (Lipinski definition) is 1. The maximum atomic E-state index is 12.2. The Labute approximate surface area is 74.5 Å². The highest BCUT2D eigenvalue weighted by atomic mass is 32.2. The summed E-state index contributed by atoms with van der Waals surface area (Å²) in [5.74, 6) is -7.81. The third kappa shape index (κ3) is 4.13. The van der Waals surface area contributed by atoms with Crippen molar-refractivity contribution in [1.29, 1.82) is 0 Å². The van der Waals surface area contributed by atoms with E-state index in [1.54, 1.807) is 0 Å². The molecule has 0 aliphatic heterocycles. The van der Waals surface area contributed by atoms with Gasteiger partial charge in [-0.3, -0.25) is 4.55 Å². The predicted octanol–water partition coefficient (Wildman–Crippen LogP) is 1.41. The van der Waals surface area contributed by atoms with Crippen molar-refractivity contribution in [2.45, 2.75) is 18.3 Å². The van der Waals surface area contributed by atoms with Gasteiger partial charge in [-0.1, -0.05) is 0 Å². The van der Waals surface area contributed by atoms with E-state index in [0.29, 0.717) is 0 Å². The van der Waals surface area contributed by atoms with Crippen LogP contribution in [0.5, 0.6) is 0 Å². The summed E-state index contributed by atoms with van der Waals surface area (Å²) in [5.41, 5.74) is 0. The van der Waals surface area contributed by atoms with Crippen LogP contribution in [0.3, 0.4) is 0 Å². The first-order valence-corrected chi connectivity index (χ1v) is 4.51. The van der Waals surface area contributed by atoms with Crippen LogP contribution >= 0.6 is 0 Å². The lowest BCUT2D eigenvalue weighted by Gasteiger charge is -2.20. The summed E-state index contributed by atoms with van der Waals surface area (Å²) in [7, 11) is -5.38. The summed E-state index contributed by atoms with van der Waals surface area (Å²) < 4.78 is 97.9. The molecule has 0 saturated carbocycles. The van der Waals surface area contributed by atoms with Crippen LogP contribution in [0.1, 0.15) is 0 Å². The first-order valence-electron chi connectivity index (χ1n) is 2.90. The van der Waals surface area contributed by atoms with Crippen LogP contribution < -0.4 is 0 Å². The van der Waals surface area contributed by atoms with E-state index in [2.05, 4.69) is 0 Å². The highest BCUT2D eigenvalue weighted by molar-refractivity contribution is 7.85. The normalized spacial score (nSPS) is 16.8. The molecule has 0 saturated heterocycles. The largest absolute Gasteiger partial charge is 0.425 e. The van der Waals surface area contributed by atoms with Gasteiger partial charge in [-0.15, -0.1) is 0 Å². The molecule has 0 aliphatic rings. The van der Waals surface area contributed by atoms with Crippen LogP contribution in [-0.2, 0) is 10.1 Å². The van der Waals surface area contributed by atoms with E-state index in [4.69, 9.17) is 4.55 Å². The third-order valence-corrected chi connectivity index (χ3v) is 1.78. The summed E-state index contributed by atoms with van der Waals surface area (Å²) in [6.45, 7) is 0. The molecule has 0 bridgehead atoms. The van der Waals surface area contributed by atoms with Gasteiger partial charge in [0, 0.05) is 0 Å². The van der Waals surface area contributed by atoms with E-state index >= 15 is 0 Å². The molecule has 3 nitrogen and oxygen atoms in total. The Morgan fingerprint density at radius 2 is 1.50 bits per heavy atom. The maximum Gasteiger partial charge on any atom is 0.425 e. The Bertz CT molecular complexity index is 293. The Morgan fingerprint density at radius 3 is 1.71 bits per heavy atom. The van der Waals surface area contributed by atoms with E-state index in [-0.39, 0.29) is 0 Å². The van der Waals surface area contributed by atoms with Gasteiger partial charge < -0.3 is 0 Å².